The van der Waals surface area contributed by atoms with Gasteiger partial charge in [-0.3, -0.25) is 34.3 Å². The zero-order chi connectivity index (χ0) is 14.0. The second kappa shape index (κ2) is 5.58. The molecule has 0 bridgehead atoms. The summed E-state index contributed by atoms with van der Waals surface area (Å²) in [4.78, 5) is 48.8. The molecule has 2 aliphatic heterocycles. The molecule has 104 valence electrons. The summed E-state index contributed by atoms with van der Waals surface area (Å²) in [5.41, 5.74) is 0. The van der Waals surface area contributed by atoms with Crippen molar-refractivity contribution in [3.63, 3.8) is 0 Å². The topological polar surface area (TPSA) is 86.8 Å². The van der Waals surface area contributed by atoms with Crippen molar-refractivity contribution in [3.05, 3.63) is 0 Å². The number of amides is 2. The Bertz CT molecular complexity index is 403. The number of rotatable bonds is 3. The first kappa shape index (κ1) is 13.8. The minimum atomic E-state index is -0.311. The summed E-state index contributed by atoms with van der Waals surface area (Å²) in [5.74, 6) is -0.769. The number of piperazine rings is 1. The van der Waals surface area contributed by atoms with Gasteiger partial charge in [-0.15, -0.1) is 0 Å². The number of hydrogen-bond donors (Lipinski definition) is 1. The Morgan fingerprint density at radius 2 is 1.53 bits per heavy atom. The molecule has 0 unspecified atom stereocenters. The molecule has 2 heterocycles. The van der Waals surface area contributed by atoms with E-state index in [0.29, 0.717) is 6.54 Å². The predicted molar refractivity (Wildman–Crippen MR) is 65.3 cm³/mol. The van der Waals surface area contributed by atoms with Crippen molar-refractivity contribution in [2.75, 3.05) is 32.7 Å². The quantitative estimate of drug-likeness (QED) is 0.478. The van der Waals surface area contributed by atoms with Crippen molar-refractivity contribution in [2.45, 2.75) is 19.4 Å². The number of Topliss-reactive ketones (excluding diaryl/α,β-unsaturated/α-hetero) is 2. The summed E-state index contributed by atoms with van der Waals surface area (Å²) < 4.78 is 0. The number of carbonyl (C=O) groups excluding carboxylic acids is 4. The molecule has 0 aromatic rings. The Kier molecular flexibility index (Phi) is 4.06. The Labute approximate surface area is 110 Å². The standard InChI is InChI=1S/C12H17N3O4/c1-8(15-6-11(18)13-12(19)7-15)3-14-4-9(16)2-10(17)5-14/h8H,2-7H2,1H3,(H,13,18,19)/t8-/m0/s1. The zero-order valence-electron chi connectivity index (χ0n) is 10.8. The third-order valence-corrected chi connectivity index (χ3v) is 3.31. The van der Waals surface area contributed by atoms with Crippen molar-refractivity contribution in [1.29, 1.82) is 0 Å². The number of likely N-dealkylation sites (tertiary alicyclic amines) is 1. The second-order valence-electron chi connectivity index (χ2n) is 5.15. The summed E-state index contributed by atoms with van der Waals surface area (Å²) in [6.07, 6.45) is 0.0233. The highest BCUT2D eigenvalue weighted by atomic mass is 16.2. The highest BCUT2D eigenvalue weighted by Gasteiger charge is 2.29. The predicted octanol–water partition coefficient (Wildman–Crippen LogP) is -1.82. The van der Waals surface area contributed by atoms with Crippen LogP contribution in [0.15, 0.2) is 0 Å². The first-order valence-corrected chi connectivity index (χ1v) is 6.26. The van der Waals surface area contributed by atoms with Crippen molar-refractivity contribution in [3.8, 4) is 0 Å². The van der Waals surface area contributed by atoms with Gasteiger partial charge in [0.05, 0.1) is 32.6 Å². The van der Waals surface area contributed by atoms with E-state index in [4.69, 9.17) is 0 Å². The maximum Gasteiger partial charge on any atom is 0.240 e. The fraction of sp³-hybridized carbons (Fsp3) is 0.667. The molecule has 0 aromatic heterocycles. The molecule has 7 nitrogen and oxygen atoms in total. The number of hydrogen-bond acceptors (Lipinski definition) is 6. The maximum absolute atomic E-state index is 11.4. The van der Waals surface area contributed by atoms with E-state index < -0.39 is 0 Å². The van der Waals surface area contributed by atoms with E-state index in [1.807, 2.05) is 6.92 Å². The molecule has 2 fully saturated rings. The lowest BCUT2D eigenvalue weighted by molar-refractivity contribution is -0.139. The van der Waals surface area contributed by atoms with Gasteiger partial charge in [-0.05, 0) is 6.92 Å². The monoisotopic (exact) mass is 267 g/mol. The van der Waals surface area contributed by atoms with Crippen molar-refractivity contribution in [2.24, 2.45) is 0 Å². The van der Waals surface area contributed by atoms with Gasteiger partial charge in [0, 0.05) is 12.6 Å². The van der Waals surface area contributed by atoms with Crippen molar-refractivity contribution >= 4 is 23.4 Å². The van der Waals surface area contributed by atoms with E-state index in [0.717, 1.165) is 0 Å². The molecule has 0 aromatic carbocycles. The molecule has 19 heavy (non-hydrogen) atoms. The van der Waals surface area contributed by atoms with Crippen LogP contribution in [0.25, 0.3) is 0 Å². The van der Waals surface area contributed by atoms with E-state index in [-0.39, 0.29) is 62.0 Å². The highest BCUT2D eigenvalue weighted by Crippen LogP contribution is 2.08. The molecule has 1 atom stereocenters. The largest absolute Gasteiger partial charge is 0.298 e. The van der Waals surface area contributed by atoms with Gasteiger partial charge in [0.1, 0.15) is 0 Å². The molecular weight excluding hydrogens is 250 g/mol. The fourth-order valence-corrected chi connectivity index (χ4v) is 2.48. The minimum Gasteiger partial charge on any atom is -0.298 e. The Balaban J connectivity index is 1.91. The van der Waals surface area contributed by atoms with Gasteiger partial charge in [0.2, 0.25) is 11.8 Å². The maximum atomic E-state index is 11.4. The van der Waals surface area contributed by atoms with E-state index in [2.05, 4.69) is 5.32 Å². The Hall–Kier alpha value is -1.60. The molecular formula is C12H17N3O4. The smallest absolute Gasteiger partial charge is 0.240 e. The lowest BCUT2D eigenvalue weighted by Crippen LogP contribution is -2.57. The Morgan fingerprint density at radius 3 is 2.05 bits per heavy atom. The van der Waals surface area contributed by atoms with Crippen LogP contribution in [-0.2, 0) is 19.2 Å². The molecule has 1 N–H and O–H groups in total. The van der Waals surface area contributed by atoms with E-state index >= 15 is 0 Å². The summed E-state index contributed by atoms with van der Waals surface area (Å²) in [5, 5.41) is 2.24. The molecule has 7 heteroatoms. The molecule has 2 aliphatic rings. The van der Waals surface area contributed by atoms with Crippen LogP contribution in [0, 0.1) is 0 Å². The summed E-state index contributed by atoms with van der Waals surface area (Å²) in [6.45, 7) is 3.26. The van der Waals surface area contributed by atoms with Gasteiger partial charge in [-0.2, -0.15) is 0 Å². The number of piperidine rings is 1. The number of imide groups is 1. The number of ketones is 2. The van der Waals surface area contributed by atoms with Gasteiger partial charge in [0.25, 0.3) is 0 Å². The van der Waals surface area contributed by atoms with E-state index in [9.17, 15) is 19.2 Å². The molecule has 2 amide bonds. The average Bonchev–Trinajstić information content (AvgIpc) is 2.25. The summed E-state index contributed by atoms with van der Waals surface area (Å²) in [6, 6.07) is -0.0614. The molecule has 0 spiro atoms. The second-order valence-corrected chi connectivity index (χ2v) is 5.15. The molecule has 2 rings (SSSR count). The van der Waals surface area contributed by atoms with Crippen LogP contribution in [-0.4, -0.2) is 71.9 Å². The van der Waals surface area contributed by atoms with E-state index in [1.165, 1.54) is 0 Å². The first-order chi connectivity index (χ1) is 8.94. The van der Waals surface area contributed by atoms with Gasteiger partial charge >= 0.3 is 0 Å². The van der Waals surface area contributed by atoms with Crippen LogP contribution in [0.4, 0.5) is 0 Å². The minimum absolute atomic E-state index is 0.0233. The fourth-order valence-electron chi connectivity index (χ4n) is 2.48. The molecule has 0 saturated carbocycles. The lowest BCUT2D eigenvalue weighted by Gasteiger charge is -2.35. The van der Waals surface area contributed by atoms with Crippen LogP contribution < -0.4 is 5.32 Å². The van der Waals surface area contributed by atoms with Crippen molar-refractivity contribution < 1.29 is 19.2 Å². The number of nitrogens with zero attached hydrogens (tertiary/aromatic N) is 2. The van der Waals surface area contributed by atoms with Crippen LogP contribution >= 0.6 is 0 Å². The van der Waals surface area contributed by atoms with E-state index in [1.54, 1.807) is 9.80 Å². The van der Waals surface area contributed by atoms with Crippen molar-refractivity contribution in [1.82, 2.24) is 15.1 Å². The highest BCUT2D eigenvalue weighted by molar-refractivity contribution is 6.03. The lowest BCUT2D eigenvalue weighted by atomic mass is 10.1. The third kappa shape index (κ3) is 3.68. The number of carbonyl (C=O) groups is 4. The van der Waals surface area contributed by atoms with Gasteiger partial charge < -0.3 is 0 Å². The Morgan fingerprint density at radius 1 is 1.00 bits per heavy atom. The average molecular weight is 267 g/mol. The first-order valence-electron chi connectivity index (χ1n) is 6.26. The summed E-state index contributed by atoms with van der Waals surface area (Å²) >= 11 is 0. The molecule has 0 radical (unpaired) electrons. The normalized spacial score (nSPS) is 24.5. The van der Waals surface area contributed by atoms with Crippen LogP contribution in [0.1, 0.15) is 13.3 Å². The van der Waals surface area contributed by atoms with Crippen LogP contribution in [0.2, 0.25) is 0 Å². The van der Waals surface area contributed by atoms with Gasteiger partial charge in [0.15, 0.2) is 11.6 Å². The van der Waals surface area contributed by atoms with Crippen LogP contribution in [0.3, 0.4) is 0 Å². The third-order valence-electron chi connectivity index (χ3n) is 3.31. The van der Waals surface area contributed by atoms with Gasteiger partial charge in [-0.1, -0.05) is 0 Å². The number of nitrogens with one attached hydrogen (secondary N) is 1. The molecule has 2 saturated heterocycles. The van der Waals surface area contributed by atoms with Gasteiger partial charge in [-0.25, -0.2) is 0 Å². The molecule has 0 aliphatic carbocycles. The van der Waals surface area contributed by atoms with Crippen LogP contribution in [0.5, 0.6) is 0 Å². The zero-order valence-corrected chi connectivity index (χ0v) is 10.8. The SMILES string of the molecule is C[C@@H](CN1CC(=O)CC(=O)C1)N1CC(=O)NC(=O)C1. The summed E-state index contributed by atoms with van der Waals surface area (Å²) in [7, 11) is 0.